The summed E-state index contributed by atoms with van der Waals surface area (Å²) in [5, 5.41) is 11.1. The molecule has 0 radical (unpaired) electrons. The standard InChI is InChI=1S/C32H42N6O5S/c1-18(2)12-13-26(40)38-15-23(14-22-10-8-7-9-11-22)34-29(41)24-17-44-32(35-24)20(5)33-30(42)28-21(6)43-31(37-28)27(19(3)4)36-25(39)16-38/h7-11,17-20,23,27H,12-16H2,1-6H3,(H,33,42)(H,34,41)(H,36,39)/t20-,23-,27+/m1/s1. The number of thiazole rings is 1. The van der Waals surface area contributed by atoms with Gasteiger partial charge in [-0.2, -0.15) is 0 Å². The van der Waals surface area contributed by atoms with Crippen LogP contribution in [0, 0.1) is 18.8 Å². The summed E-state index contributed by atoms with van der Waals surface area (Å²) in [6, 6.07) is 8.04. The molecule has 236 valence electrons. The normalized spacial score (nSPS) is 20.1. The smallest absolute Gasteiger partial charge is 0.274 e. The van der Waals surface area contributed by atoms with Crippen molar-refractivity contribution >= 4 is 35.0 Å². The highest BCUT2D eigenvalue weighted by molar-refractivity contribution is 7.09. The van der Waals surface area contributed by atoms with Crippen molar-refractivity contribution in [2.24, 2.45) is 11.8 Å². The lowest BCUT2D eigenvalue weighted by atomic mass is 10.0. The van der Waals surface area contributed by atoms with Gasteiger partial charge in [0, 0.05) is 18.3 Å². The predicted molar refractivity (Wildman–Crippen MR) is 167 cm³/mol. The highest BCUT2D eigenvalue weighted by Crippen LogP contribution is 2.25. The fourth-order valence-corrected chi connectivity index (χ4v) is 5.80. The molecule has 4 bridgehead atoms. The maximum atomic E-state index is 13.5. The van der Waals surface area contributed by atoms with Gasteiger partial charge in [0.2, 0.25) is 17.7 Å². The lowest BCUT2D eigenvalue weighted by Crippen LogP contribution is -2.50. The number of nitrogens with zero attached hydrogens (tertiary/aromatic N) is 3. The highest BCUT2D eigenvalue weighted by atomic mass is 32.1. The fraction of sp³-hybridized carbons (Fsp3) is 0.500. The number of oxazole rings is 1. The Morgan fingerprint density at radius 3 is 2.45 bits per heavy atom. The third-order valence-electron chi connectivity index (χ3n) is 7.47. The molecule has 3 heterocycles. The van der Waals surface area contributed by atoms with Crippen LogP contribution in [0.25, 0.3) is 0 Å². The van der Waals surface area contributed by atoms with E-state index in [2.05, 4.69) is 25.9 Å². The van der Waals surface area contributed by atoms with E-state index >= 15 is 0 Å². The second-order valence-corrected chi connectivity index (χ2v) is 13.0. The van der Waals surface area contributed by atoms with Crippen molar-refractivity contribution in [3.63, 3.8) is 0 Å². The molecular weight excluding hydrogens is 580 g/mol. The maximum absolute atomic E-state index is 13.5. The average Bonchev–Trinajstić information content (AvgIpc) is 3.61. The second-order valence-electron chi connectivity index (χ2n) is 12.1. The lowest BCUT2D eigenvalue weighted by molar-refractivity contribution is -0.137. The number of benzene rings is 1. The van der Waals surface area contributed by atoms with E-state index in [1.54, 1.807) is 19.2 Å². The van der Waals surface area contributed by atoms with E-state index in [1.165, 1.54) is 16.2 Å². The Kier molecular flexibility index (Phi) is 10.9. The largest absolute Gasteiger partial charge is 0.443 e. The van der Waals surface area contributed by atoms with Gasteiger partial charge in [-0.05, 0) is 44.1 Å². The van der Waals surface area contributed by atoms with Crippen LogP contribution >= 0.6 is 11.3 Å². The zero-order chi connectivity index (χ0) is 32.0. The molecule has 0 saturated carbocycles. The van der Waals surface area contributed by atoms with Crippen molar-refractivity contribution in [2.45, 2.75) is 78.9 Å². The molecule has 11 nitrogen and oxygen atoms in total. The molecule has 44 heavy (non-hydrogen) atoms. The van der Waals surface area contributed by atoms with Crippen LogP contribution in [0.2, 0.25) is 0 Å². The van der Waals surface area contributed by atoms with Gasteiger partial charge >= 0.3 is 0 Å². The van der Waals surface area contributed by atoms with E-state index in [9.17, 15) is 19.2 Å². The van der Waals surface area contributed by atoms with Crippen molar-refractivity contribution in [2.75, 3.05) is 13.1 Å². The Balaban J connectivity index is 1.73. The number of carbonyl (C=O) groups excluding carboxylic acids is 4. The van der Waals surface area contributed by atoms with Crippen LogP contribution in [0.1, 0.15) is 103 Å². The molecule has 0 spiro atoms. The van der Waals surface area contributed by atoms with Gasteiger partial charge in [-0.15, -0.1) is 11.3 Å². The third-order valence-corrected chi connectivity index (χ3v) is 8.50. The number of aromatic nitrogens is 2. The minimum absolute atomic E-state index is 0.108. The van der Waals surface area contributed by atoms with Gasteiger partial charge in [-0.3, -0.25) is 19.2 Å². The van der Waals surface area contributed by atoms with Crippen LogP contribution in [0.4, 0.5) is 0 Å². The van der Waals surface area contributed by atoms with Crippen LogP contribution in [0.3, 0.4) is 0 Å². The molecule has 0 unspecified atom stereocenters. The summed E-state index contributed by atoms with van der Waals surface area (Å²) in [5.41, 5.74) is 1.29. The monoisotopic (exact) mass is 622 g/mol. The van der Waals surface area contributed by atoms with Gasteiger partial charge < -0.3 is 25.3 Å². The van der Waals surface area contributed by atoms with Crippen LogP contribution in [0.5, 0.6) is 0 Å². The zero-order valence-electron chi connectivity index (χ0n) is 26.2. The molecule has 1 aliphatic heterocycles. The predicted octanol–water partition coefficient (Wildman–Crippen LogP) is 4.36. The molecule has 4 rings (SSSR count). The molecule has 1 aromatic carbocycles. The minimum atomic E-state index is -0.631. The zero-order valence-corrected chi connectivity index (χ0v) is 27.0. The van der Waals surface area contributed by atoms with E-state index in [1.807, 2.05) is 58.0 Å². The number of amides is 4. The lowest BCUT2D eigenvalue weighted by Gasteiger charge is -2.29. The van der Waals surface area contributed by atoms with E-state index in [0.717, 1.165) is 5.56 Å². The number of aryl methyl sites for hydroxylation is 1. The topological polar surface area (TPSA) is 147 Å². The Morgan fingerprint density at radius 1 is 1.05 bits per heavy atom. The second kappa shape index (κ2) is 14.6. The average molecular weight is 623 g/mol. The third kappa shape index (κ3) is 8.52. The Hall–Kier alpha value is -4.06. The minimum Gasteiger partial charge on any atom is -0.443 e. The summed E-state index contributed by atoms with van der Waals surface area (Å²) in [6.07, 6.45) is 1.38. The number of rotatable bonds is 6. The molecule has 2 aromatic heterocycles. The first kappa shape index (κ1) is 32.8. The molecular formula is C32H42N6O5S. The summed E-state index contributed by atoms with van der Waals surface area (Å²) in [4.78, 5) is 64.1. The van der Waals surface area contributed by atoms with E-state index in [4.69, 9.17) is 4.42 Å². The molecule has 0 fully saturated rings. The van der Waals surface area contributed by atoms with Crippen molar-refractivity contribution < 1.29 is 23.6 Å². The number of carbonyl (C=O) groups is 4. The van der Waals surface area contributed by atoms with E-state index < -0.39 is 35.8 Å². The van der Waals surface area contributed by atoms with E-state index in [0.29, 0.717) is 29.5 Å². The summed E-state index contributed by atoms with van der Waals surface area (Å²) in [5.74, 6) is -0.709. The summed E-state index contributed by atoms with van der Waals surface area (Å²) in [6.45, 7) is 11.2. The van der Waals surface area contributed by atoms with Crippen LogP contribution < -0.4 is 16.0 Å². The SMILES string of the molecule is Cc1oc2nc1C(=O)N[C@H](C)c1nc(cs1)C(=O)N[C@H](Cc1ccccc1)CN(C(=O)CCC(C)C)CC(=O)N[C@H]2C(C)C. The molecule has 3 atom stereocenters. The molecule has 12 heteroatoms. The van der Waals surface area contributed by atoms with Crippen LogP contribution in [-0.4, -0.2) is 57.6 Å². The van der Waals surface area contributed by atoms with Gasteiger partial charge in [0.1, 0.15) is 22.5 Å². The van der Waals surface area contributed by atoms with Gasteiger partial charge in [-0.1, -0.05) is 58.0 Å². The number of fused-ring (bicyclic) bond motifs is 4. The molecule has 3 N–H and O–H groups in total. The van der Waals surface area contributed by atoms with Crippen molar-refractivity contribution in [3.8, 4) is 0 Å². The summed E-state index contributed by atoms with van der Waals surface area (Å²) < 4.78 is 5.89. The first-order valence-electron chi connectivity index (χ1n) is 15.1. The number of nitrogens with one attached hydrogen (secondary N) is 3. The highest BCUT2D eigenvalue weighted by Gasteiger charge is 2.30. The van der Waals surface area contributed by atoms with Crippen molar-refractivity contribution in [3.05, 3.63) is 69.3 Å². The van der Waals surface area contributed by atoms with Gasteiger partial charge in [0.15, 0.2) is 5.69 Å². The van der Waals surface area contributed by atoms with Gasteiger partial charge in [-0.25, -0.2) is 9.97 Å². The van der Waals surface area contributed by atoms with E-state index in [-0.39, 0.29) is 48.6 Å². The van der Waals surface area contributed by atoms with Crippen molar-refractivity contribution in [1.82, 2.24) is 30.8 Å². The molecule has 3 aromatic rings. The first-order valence-corrected chi connectivity index (χ1v) is 15.9. The first-order chi connectivity index (χ1) is 20.9. The van der Waals surface area contributed by atoms with Crippen LogP contribution in [0.15, 0.2) is 40.1 Å². The van der Waals surface area contributed by atoms with Gasteiger partial charge in [0.05, 0.1) is 18.6 Å². The molecule has 0 aliphatic carbocycles. The quantitative estimate of drug-likeness (QED) is 0.370. The van der Waals surface area contributed by atoms with Gasteiger partial charge in [0.25, 0.3) is 11.8 Å². The number of hydrogen-bond donors (Lipinski definition) is 3. The number of hydrogen-bond acceptors (Lipinski definition) is 8. The summed E-state index contributed by atoms with van der Waals surface area (Å²) in [7, 11) is 0. The maximum Gasteiger partial charge on any atom is 0.274 e. The Labute approximate surface area is 262 Å². The van der Waals surface area contributed by atoms with Crippen LogP contribution in [-0.2, 0) is 16.0 Å². The van der Waals surface area contributed by atoms with Crippen molar-refractivity contribution in [1.29, 1.82) is 0 Å². The molecule has 4 amide bonds. The molecule has 0 saturated heterocycles. The fourth-order valence-electron chi connectivity index (χ4n) is 4.99. The molecule has 1 aliphatic rings. The Bertz CT molecular complexity index is 1470. The summed E-state index contributed by atoms with van der Waals surface area (Å²) >= 11 is 1.27. The Morgan fingerprint density at radius 2 is 1.77 bits per heavy atom.